The van der Waals surface area contributed by atoms with Gasteiger partial charge < -0.3 is 5.11 Å². The Labute approximate surface area is 46.7 Å². The fourth-order valence-electron chi connectivity index (χ4n) is 0.273. The second-order valence-corrected chi connectivity index (χ2v) is 1.53. The number of alkyl halides is 1. The van der Waals surface area contributed by atoms with Crippen molar-refractivity contribution in [1.29, 1.82) is 0 Å². The van der Waals surface area contributed by atoms with Crippen molar-refractivity contribution in [2.75, 3.05) is 20.4 Å². The smallest absolute Gasteiger partial charge is 0.317 e. The van der Waals surface area contributed by atoms with Crippen LogP contribution in [0, 0.1) is 0 Å². The van der Waals surface area contributed by atoms with E-state index in [9.17, 15) is 9.18 Å². The number of rotatable bonds is 3. The van der Waals surface area contributed by atoms with Crippen LogP contribution in [0.1, 0.15) is 0 Å². The summed E-state index contributed by atoms with van der Waals surface area (Å²) in [4.78, 5) is 10.8. The van der Waals surface area contributed by atoms with Gasteiger partial charge in [-0.05, 0) is 7.05 Å². The molecule has 0 rings (SSSR count). The van der Waals surface area contributed by atoms with Crippen molar-refractivity contribution >= 4 is 5.97 Å². The quantitative estimate of drug-likeness (QED) is 0.531. The summed E-state index contributed by atoms with van der Waals surface area (Å²) < 4.78 is 11.4. The number of likely N-dealkylation sites (N-methyl/N-ethyl adjacent to an activating group) is 1. The van der Waals surface area contributed by atoms with Crippen molar-refractivity contribution in [1.82, 2.24) is 4.90 Å². The Balaban J connectivity index is 3.24. The molecule has 0 saturated carbocycles. The number of nitrogens with zero attached hydrogens (tertiary/aromatic N) is 1. The fourth-order valence-corrected chi connectivity index (χ4v) is 0.273. The maximum Gasteiger partial charge on any atom is 0.317 e. The molecule has 0 spiro atoms. The first kappa shape index (κ1) is 7.36. The standard InChI is InChI=1S/C4H8FNO2/c1-6(3-5)2-4(7)8/h2-3H2,1H3,(H,7,8). The van der Waals surface area contributed by atoms with E-state index in [1.807, 2.05) is 0 Å². The lowest BCUT2D eigenvalue weighted by molar-refractivity contribution is -0.138. The second kappa shape index (κ2) is 3.37. The molecular formula is C4H8FNO2. The van der Waals surface area contributed by atoms with Crippen LogP contribution in [0.2, 0.25) is 0 Å². The number of aliphatic carboxylic acids is 1. The third kappa shape index (κ3) is 3.55. The van der Waals surface area contributed by atoms with Crippen LogP contribution in [0.3, 0.4) is 0 Å². The van der Waals surface area contributed by atoms with Crippen LogP contribution in [0.25, 0.3) is 0 Å². The Kier molecular flexibility index (Phi) is 3.10. The average molecular weight is 121 g/mol. The lowest BCUT2D eigenvalue weighted by Gasteiger charge is -2.05. The van der Waals surface area contributed by atoms with Gasteiger partial charge in [0.15, 0.2) is 0 Å². The summed E-state index contributed by atoms with van der Waals surface area (Å²) in [7, 11) is 1.40. The molecule has 8 heavy (non-hydrogen) atoms. The minimum atomic E-state index is -1.01. The number of hydrogen-bond donors (Lipinski definition) is 1. The normalized spacial score (nSPS) is 9.88. The van der Waals surface area contributed by atoms with Gasteiger partial charge in [-0.1, -0.05) is 0 Å². The van der Waals surface area contributed by atoms with Gasteiger partial charge in [0.2, 0.25) is 0 Å². The monoisotopic (exact) mass is 121 g/mol. The predicted octanol–water partition coefficient (Wildman–Crippen LogP) is -0.0702. The molecule has 0 heterocycles. The molecule has 3 nitrogen and oxygen atoms in total. The third-order valence-corrected chi connectivity index (χ3v) is 0.609. The molecule has 0 bridgehead atoms. The topological polar surface area (TPSA) is 40.5 Å². The molecule has 0 aromatic carbocycles. The SMILES string of the molecule is CN(CF)CC(=O)O. The van der Waals surface area contributed by atoms with Crippen LogP contribution in [0.4, 0.5) is 4.39 Å². The lowest BCUT2D eigenvalue weighted by Crippen LogP contribution is -2.24. The van der Waals surface area contributed by atoms with Crippen molar-refractivity contribution in [3.63, 3.8) is 0 Å². The number of carboxylic acid groups (broad SMARTS) is 1. The van der Waals surface area contributed by atoms with Crippen LogP contribution in [-0.4, -0.2) is 36.4 Å². The minimum Gasteiger partial charge on any atom is -0.480 e. The molecule has 0 aliphatic rings. The third-order valence-electron chi connectivity index (χ3n) is 0.609. The molecule has 0 aromatic heterocycles. The molecule has 0 amide bonds. The van der Waals surface area contributed by atoms with E-state index in [4.69, 9.17) is 5.11 Å². The highest BCUT2D eigenvalue weighted by Crippen LogP contribution is 1.79. The molecule has 0 saturated heterocycles. The van der Waals surface area contributed by atoms with Crippen molar-refractivity contribution in [2.24, 2.45) is 0 Å². The molecule has 0 aromatic rings. The first-order chi connectivity index (χ1) is 3.66. The highest BCUT2D eigenvalue weighted by atomic mass is 19.1. The van der Waals surface area contributed by atoms with Gasteiger partial charge in [-0.3, -0.25) is 9.69 Å². The molecule has 0 atom stereocenters. The van der Waals surface area contributed by atoms with Gasteiger partial charge in [0.05, 0.1) is 6.54 Å². The zero-order chi connectivity index (χ0) is 6.57. The van der Waals surface area contributed by atoms with E-state index >= 15 is 0 Å². The van der Waals surface area contributed by atoms with E-state index in [-0.39, 0.29) is 6.54 Å². The molecule has 48 valence electrons. The van der Waals surface area contributed by atoms with Crippen molar-refractivity contribution in [3.05, 3.63) is 0 Å². The Morgan fingerprint density at radius 3 is 2.50 bits per heavy atom. The number of hydrogen-bond acceptors (Lipinski definition) is 2. The molecule has 4 heteroatoms. The summed E-state index contributed by atoms with van der Waals surface area (Å²) in [6.07, 6.45) is 0. The van der Waals surface area contributed by atoms with Crippen LogP contribution < -0.4 is 0 Å². The van der Waals surface area contributed by atoms with E-state index in [1.165, 1.54) is 7.05 Å². The minimum absolute atomic E-state index is 0.240. The molecule has 0 aliphatic carbocycles. The Hall–Kier alpha value is -0.640. The largest absolute Gasteiger partial charge is 0.480 e. The molecule has 0 radical (unpaired) electrons. The van der Waals surface area contributed by atoms with Gasteiger partial charge in [0.25, 0.3) is 0 Å². The van der Waals surface area contributed by atoms with Crippen LogP contribution >= 0.6 is 0 Å². The molecule has 1 N–H and O–H groups in total. The van der Waals surface area contributed by atoms with Gasteiger partial charge >= 0.3 is 5.97 Å². The number of carboxylic acids is 1. The molecule has 0 aliphatic heterocycles. The van der Waals surface area contributed by atoms with Gasteiger partial charge in [-0.25, -0.2) is 4.39 Å². The maximum atomic E-state index is 11.4. The zero-order valence-electron chi connectivity index (χ0n) is 4.59. The van der Waals surface area contributed by atoms with Gasteiger partial charge in [-0.15, -0.1) is 0 Å². The Morgan fingerprint density at radius 1 is 1.88 bits per heavy atom. The summed E-state index contributed by atoms with van der Waals surface area (Å²) >= 11 is 0. The first-order valence-electron chi connectivity index (χ1n) is 2.13. The van der Waals surface area contributed by atoms with Gasteiger partial charge in [0, 0.05) is 0 Å². The Bertz CT molecular complexity index is 86.1. The first-order valence-corrected chi connectivity index (χ1v) is 2.13. The van der Waals surface area contributed by atoms with E-state index in [0.29, 0.717) is 0 Å². The van der Waals surface area contributed by atoms with Crippen LogP contribution in [0.5, 0.6) is 0 Å². The van der Waals surface area contributed by atoms with Crippen molar-refractivity contribution in [3.8, 4) is 0 Å². The summed E-state index contributed by atoms with van der Waals surface area (Å²) in [5, 5.41) is 8.01. The second-order valence-electron chi connectivity index (χ2n) is 1.53. The van der Waals surface area contributed by atoms with E-state index in [0.717, 1.165) is 4.90 Å². The zero-order valence-corrected chi connectivity index (χ0v) is 4.59. The maximum absolute atomic E-state index is 11.4. The highest BCUT2D eigenvalue weighted by molar-refractivity contribution is 5.68. The van der Waals surface area contributed by atoms with Crippen LogP contribution in [-0.2, 0) is 4.79 Å². The van der Waals surface area contributed by atoms with Crippen LogP contribution in [0.15, 0.2) is 0 Å². The summed E-state index contributed by atoms with van der Waals surface area (Å²) in [5.74, 6) is -1.01. The highest BCUT2D eigenvalue weighted by Gasteiger charge is 2.00. The molecular weight excluding hydrogens is 113 g/mol. The summed E-state index contributed by atoms with van der Waals surface area (Å²) in [6, 6.07) is 0. The number of halogens is 1. The van der Waals surface area contributed by atoms with Crippen molar-refractivity contribution < 1.29 is 14.3 Å². The number of carbonyl (C=O) groups is 1. The summed E-state index contributed by atoms with van der Waals surface area (Å²) in [6.45, 7) is -0.956. The predicted molar refractivity (Wildman–Crippen MR) is 26.2 cm³/mol. The van der Waals surface area contributed by atoms with E-state index in [2.05, 4.69) is 0 Å². The Morgan fingerprint density at radius 2 is 2.38 bits per heavy atom. The van der Waals surface area contributed by atoms with E-state index < -0.39 is 12.8 Å². The van der Waals surface area contributed by atoms with Gasteiger partial charge in [0.1, 0.15) is 6.80 Å². The fraction of sp³-hybridized carbons (Fsp3) is 0.750. The van der Waals surface area contributed by atoms with Crippen molar-refractivity contribution in [2.45, 2.75) is 0 Å². The lowest BCUT2D eigenvalue weighted by atomic mass is 10.6. The average Bonchev–Trinajstić information content (AvgIpc) is 1.65. The van der Waals surface area contributed by atoms with E-state index in [1.54, 1.807) is 0 Å². The van der Waals surface area contributed by atoms with Gasteiger partial charge in [-0.2, -0.15) is 0 Å². The molecule has 0 fully saturated rings. The summed E-state index contributed by atoms with van der Waals surface area (Å²) in [5.41, 5.74) is 0. The molecule has 0 unspecified atom stereocenters.